The third kappa shape index (κ3) is 3.62. The first-order valence-corrected chi connectivity index (χ1v) is 9.94. The van der Waals surface area contributed by atoms with Crippen LogP contribution in [0, 0.1) is 5.92 Å². The molecule has 1 unspecified atom stereocenters. The van der Waals surface area contributed by atoms with E-state index in [0.29, 0.717) is 6.54 Å². The number of hydrogen-bond acceptors (Lipinski definition) is 5. The van der Waals surface area contributed by atoms with Gasteiger partial charge in [-0.05, 0) is 56.4 Å². The normalized spacial score (nSPS) is 22.5. The van der Waals surface area contributed by atoms with E-state index in [-0.39, 0.29) is 17.9 Å². The molecular weight excluding hydrogens is 354 g/mol. The molecule has 0 saturated heterocycles. The molecule has 2 heterocycles. The van der Waals surface area contributed by atoms with Gasteiger partial charge in [0, 0.05) is 24.8 Å². The Morgan fingerprint density at radius 3 is 2.79 bits per heavy atom. The maximum Gasteiger partial charge on any atom is 0.230 e. The SMILES string of the molecule is CO[C@H]1CC[C@H](C(=O)N2Cc3cccnc3Nc3ccc(C(C)O)cc32)CC1. The molecule has 2 N–H and O–H groups in total. The first kappa shape index (κ1) is 18.9. The second kappa shape index (κ2) is 7.89. The Balaban J connectivity index is 1.70. The predicted octanol–water partition coefficient (Wildman–Crippen LogP) is 3.93. The average molecular weight is 381 g/mol. The van der Waals surface area contributed by atoms with E-state index in [0.717, 1.165) is 54.0 Å². The number of ether oxygens (including phenoxy) is 1. The third-order valence-electron chi connectivity index (χ3n) is 5.89. The molecule has 1 aliphatic carbocycles. The van der Waals surface area contributed by atoms with E-state index in [1.54, 1.807) is 20.2 Å². The lowest BCUT2D eigenvalue weighted by atomic mass is 9.86. The minimum atomic E-state index is -0.594. The van der Waals surface area contributed by atoms with Crippen LogP contribution in [0.15, 0.2) is 36.5 Å². The molecule has 1 saturated carbocycles. The van der Waals surface area contributed by atoms with Crippen LogP contribution < -0.4 is 10.2 Å². The number of nitrogens with one attached hydrogen (secondary N) is 1. The topological polar surface area (TPSA) is 74.7 Å². The van der Waals surface area contributed by atoms with Crippen LogP contribution in [0.4, 0.5) is 17.2 Å². The van der Waals surface area contributed by atoms with Gasteiger partial charge < -0.3 is 20.1 Å². The van der Waals surface area contributed by atoms with Gasteiger partial charge in [-0.3, -0.25) is 4.79 Å². The van der Waals surface area contributed by atoms with Crippen molar-refractivity contribution in [3.8, 4) is 0 Å². The number of amides is 1. The van der Waals surface area contributed by atoms with Gasteiger partial charge in [0.2, 0.25) is 5.91 Å². The maximum atomic E-state index is 13.5. The smallest absolute Gasteiger partial charge is 0.230 e. The number of aliphatic hydroxyl groups excluding tert-OH is 1. The van der Waals surface area contributed by atoms with Gasteiger partial charge in [-0.2, -0.15) is 0 Å². The Bertz CT molecular complexity index is 860. The summed E-state index contributed by atoms with van der Waals surface area (Å²) in [6, 6.07) is 9.61. The number of carbonyl (C=O) groups excluding carboxylic acids is 1. The minimum Gasteiger partial charge on any atom is -0.389 e. The van der Waals surface area contributed by atoms with Crippen molar-refractivity contribution in [3.63, 3.8) is 0 Å². The molecule has 1 atom stereocenters. The highest BCUT2D eigenvalue weighted by Crippen LogP contribution is 2.39. The minimum absolute atomic E-state index is 0.00678. The second-order valence-corrected chi connectivity index (χ2v) is 7.72. The van der Waals surface area contributed by atoms with Crippen LogP contribution in [0.1, 0.15) is 49.8 Å². The average Bonchev–Trinajstić information content (AvgIpc) is 2.89. The molecule has 1 fully saturated rings. The predicted molar refractivity (Wildman–Crippen MR) is 109 cm³/mol. The molecule has 2 aromatic rings. The monoisotopic (exact) mass is 381 g/mol. The summed E-state index contributed by atoms with van der Waals surface area (Å²) in [4.78, 5) is 19.8. The van der Waals surface area contributed by atoms with Crippen molar-refractivity contribution in [2.75, 3.05) is 17.3 Å². The van der Waals surface area contributed by atoms with Crippen LogP contribution in [-0.2, 0) is 16.1 Å². The zero-order valence-corrected chi connectivity index (χ0v) is 16.4. The molecule has 1 amide bonds. The van der Waals surface area contributed by atoms with Crippen LogP contribution in [0.2, 0.25) is 0 Å². The first-order chi connectivity index (χ1) is 13.6. The number of pyridine rings is 1. The Morgan fingerprint density at radius 2 is 2.07 bits per heavy atom. The number of anilines is 3. The van der Waals surface area contributed by atoms with Gasteiger partial charge >= 0.3 is 0 Å². The lowest BCUT2D eigenvalue weighted by Gasteiger charge is -2.32. The van der Waals surface area contributed by atoms with Crippen molar-refractivity contribution < 1.29 is 14.6 Å². The van der Waals surface area contributed by atoms with E-state index < -0.39 is 6.10 Å². The van der Waals surface area contributed by atoms with E-state index >= 15 is 0 Å². The van der Waals surface area contributed by atoms with Crippen molar-refractivity contribution in [1.29, 1.82) is 0 Å². The molecule has 148 valence electrons. The van der Waals surface area contributed by atoms with Gasteiger partial charge in [-0.15, -0.1) is 0 Å². The van der Waals surface area contributed by atoms with Gasteiger partial charge in [0.05, 0.1) is 30.1 Å². The van der Waals surface area contributed by atoms with E-state index in [1.807, 2.05) is 35.2 Å². The van der Waals surface area contributed by atoms with Crippen LogP contribution in [0.5, 0.6) is 0 Å². The molecular formula is C22H27N3O3. The Morgan fingerprint density at radius 1 is 1.29 bits per heavy atom. The van der Waals surface area contributed by atoms with Crippen molar-refractivity contribution in [1.82, 2.24) is 4.98 Å². The van der Waals surface area contributed by atoms with E-state index in [2.05, 4.69) is 10.3 Å². The maximum absolute atomic E-state index is 13.5. The quantitative estimate of drug-likeness (QED) is 0.843. The molecule has 6 heteroatoms. The molecule has 28 heavy (non-hydrogen) atoms. The number of aromatic nitrogens is 1. The number of hydrogen-bond donors (Lipinski definition) is 2. The fourth-order valence-electron chi connectivity index (χ4n) is 4.16. The Kier molecular flexibility index (Phi) is 5.33. The van der Waals surface area contributed by atoms with Crippen LogP contribution in [0.25, 0.3) is 0 Å². The zero-order valence-electron chi connectivity index (χ0n) is 16.4. The van der Waals surface area contributed by atoms with Gasteiger partial charge in [-0.1, -0.05) is 12.1 Å². The highest BCUT2D eigenvalue weighted by molar-refractivity contribution is 5.99. The molecule has 1 aromatic heterocycles. The summed E-state index contributed by atoms with van der Waals surface area (Å²) in [5, 5.41) is 13.4. The molecule has 4 rings (SSSR count). The third-order valence-corrected chi connectivity index (χ3v) is 5.89. The number of benzene rings is 1. The van der Waals surface area contributed by atoms with Gasteiger partial charge in [0.1, 0.15) is 5.82 Å². The fourth-order valence-corrected chi connectivity index (χ4v) is 4.16. The first-order valence-electron chi connectivity index (χ1n) is 9.94. The summed E-state index contributed by atoms with van der Waals surface area (Å²) >= 11 is 0. The molecule has 0 bridgehead atoms. The van der Waals surface area contributed by atoms with Gasteiger partial charge in [0.25, 0.3) is 0 Å². The second-order valence-electron chi connectivity index (χ2n) is 7.72. The van der Waals surface area contributed by atoms with E-state index in [1.165, 1.54) is 0 Å². The molecule has 1 aromatic carbocycles. The highest BCUT2D eigenvalue weighted by atomic mass is 16.5. The van der Waals surface area contributed by atoms with Crippen molar-refractivity contribution >= 4 is 23.1 Å². The number of aliphatic hydroxyl groups is 1. The molecule has 6 nitrogen and oxygen atoms in total. The van der Waals surface area contributed by atoms with E-state index in [4.69, 9.17) is 4.74 Å². The summed E-state index contributed by atoms with van der Waals surface area (Å²) in [6.07, 6.45) is 4.92. The van der Waals surface area contributed by atoms with Crippen LogP contribution in [0.3, 0.4) is 0 Å². The molecule has 2 aliphatic rings. The molecule has 0 radical (unpaired) electrons. The lowest BCUT2D eigenvalue weighted by molar-refractivity contribution is -0.124. The summed E-state index contributed by atoms with van der Waals surface area (Å²) in [5.74, 6) is 0.900. The largest absolute Gasteiger partial charge is 0.389 e. The molecule has 1 aliphatic heterocycles. The number of fused-ring (bicyclic) bond motifs is 2. The van der Waals surface area contributed by atoms with Crippen molar-refractivity contribution in [2.24, 2.45) is 5.92 Å². The Hall–Kier alpha value is -2.44. The van der Waals surface area contributed by atoms with Crippen LogP contribution >= 0.6 is 0 Å². The van der Waals surface area contributed by atoms with Crippen molar-refractivity contribution in [2.45, 2.75) is 51.4 Å². The summed E-state index contributed by atoms with van der Waals surface area (Å²) < 4.78 is 5.46. The summed E-state index contributed by atoms with van der Waals surface area (Å²) in [6.45, 7) is 2.20. The van der Waals surface area contributed by atoms with Gasteiger partial charge in [0.15, 0.2) is 0 Å². The number of rotatable bonds is 3. The standard InChI is InChI=1S/C22H27N3O3/c1-14(26)16-7-10-19-20(12-16)25(13-17-4-3-11-23-21(17)24-19)22(27)15-5-8-18(28-2)9-6-15/h3-4,7,10-12,14-15,18,26H,5-6,8-9,13H2,1-2H3,(H,23,24)/t14?,15-,18-. The van der Waals surface area contributed by atoms with Crippen molar-refractivity contribution in [3.05, 3.63) is 47.7 Å². The number of carbonyl (C=O) groups is 1. The highest BCUT2D eigenvalue weighted by Gasteiger charge is 2.33. The summed E-state index contributed by atoms with van der Waals surface area (Å²) in [5.41, 5.74) is 3.41. The number of methoxy groups -OCH3 is 1. The van der Waals surface area contributed by atoms with Gasteiger partial charge in [-0.25, -0.2) is 4.98 Å². The lowest BCUT2D eigenvalue weighted by Crippen LogP contribution is -2.38. The number of nitrogens with zero attached hydrogens (tertiary/aromatic N) is 2. The van der Waals surface area contributed by atoms with E-state index in [9.17, 15) is 9.90 Å². The zero-order chi connectivity index (χ0) is 19.7. The van der Waals surface area contributed by atoms with Crippen LogP contribution in [-0.4, -0.2) is 29.2 Å². The fraction of sp³-hybridized carbons (Fsp3) is 0.455. The Labute approximate surface area is 165 Å². The molecule has 0 spiro atoms. The summed E-state index contributed by atoms with van der Waals surface area (Å²) in [7, 11) is 1.74.